The number of nitrogens with one attached hydrogen (secondary N) is 1. The quantitative estimate of drug-likeness (QED) is 0.667. The van der Waals surface area contributed by atoms with E-state index in [9.17, 15) is 0 Å². The number of aromatic nitrogens is 2. The minimum atomic E-state index is -0.0000478. The summed E-state index contributed by atoms with van der Waals surface area (Å²) in [5.74, 6) is 0.854. The fourth-order valence-corrected chi connectivity index (χ4v) is 4.06. The van der Waals surface area contributed by atoms with E-state index in [4.69, 9.17) is 17.0 Å². The van der Waals surface area contributed by atoms with Crippen molar-refractivity contribution in [1.29, 1.82) is 0 Å². The first-order chi connectivity index (χ1) is 13.6. The molecule has 0 amide bonds. The van der Waals surface area contributed by atoms with Crippen LogP contribution in [0.25, 0.3) is 0 Å². The average Bonchev–Trinajstić information content (AvgIpc) is 3.22. The number of hydrogen-bond acceptors (Lipinski definition) is 3. The second kappa shape index (κ2) is 7.64. The fraction of sp³-hybridized carbons (Fsp3) is 0.273. The second-order valence-corrected chi connectivity index (χ2v) is 7.45. The first kappa shape index (κ1) is 18.5. The van der Waals surface area contributed by atoms with E-state index >= 15 is 0 Å². The Morgan fingerprint density at radius 3 is 2.50 bits per heavy atom. The summed E-state index contributed by atoms with van der Waals surface area (Å²) in [7, 11) is 3.78. The minimum absolute atomic E-state index is 0.0000478. The maximum Gasteiger partial charge on any atom is 0.170 e. The highest BCUT2D eigenvalue weighted by molar-refractivity contribution is 7.80. The summed E-state index contributed by atoms with van der Waals surface area (Å²) >= 11 is 5.75. The molecule has 2 aromatic heterocycles. The summed E-state index contributed by atoms with van der Waals surface area (Å²) < 4.78 is 7.51. The van der Waals surface area contributed by atoms with Gasteiger partial charge in [0.15, 0.2) is 5.11 Å². The molecule has 1 aliphatic heterocycles. The van der Waals surface area contributed by atoms with E-state index in [1.54, 1.807) is 7.11 Å². The molecule has 1 N–H and O–H groups in total. The first-order valence-electron chi connectivity index (χ1n) is 9.31. The van der Waals surface area contributed by atoms with Crippen LogP contribution in [0.15, 0.2) is 60.8 Å². The molecule has 1 saturated heterocycles. The van der Waals surface area contributed by atoms with Gasteiger partial charge in [-0.1, -0.05) is 18.2 Å². The van der Waals surface area contributed by atoms with Gasteiger partial charge in [-0.25, -0.2) is 0 Å². The van der Waals surface area contributed by atoms with Gasteiger partial charge >= 0.3 is 0 Å². The van der Waals surface area contributed by atoms with Crippen LogP contribution in [0.3, 0.4) is 0 Å². The van der Waals surface area contributed by atoms with Crippen molar-refractivity contribution in [2.45, 2.75) is 25.6 Å². The summed E-state index contributed by atoms with van der Waals surface area (Å²) in [4.78, 5) is 6.85. The van der Waals surface area contributed by atoms with Gasteiger partial charge in [0, 0.05) is 31.2 Å². The number of ether oxygens (including phenoxy) is 1. The molecule has 3 aromatic rings. The molecule has 144 valence electrons. The SMILES string of the molecule is COc1ccc(CN2C(=S)N[C@@H](c3ccccn3)[C@H]2c2ccc(C)n2C)cc1. The van der Waals surface area contributed by atoms with Crippen LogP contribution in [0.5, 0.6) is 5.75 Å². The smallest absolute Gasteiger partial charge is 0.170 e. The van der Waals surface area contributed by atoms with Crippen LogP contribution in [0.4, 0.5) is 0 Å². The van der Waals surface area contributed by atoms with E-state index in [1.165, 1.54) is 17.0 Å². The van der Waals surface area contributed by atoms with Crippen LogP contribution in [0, 0.1) is 6.92 Å². The zero-order valence-corrected chi connectivity index (χ0v) is 17.1. The van der Waals surface area contributed by atoms with Gasteiger partial charge in [-0.05, 0) is 61.1 Å². The number of thiocarbonyl (C=S) groups is 1. The third kappa shape index (κ3) is 3.36. The average molecular weight is 393 g/mol. The minimum Gasteiger partial charge on any atom is -0.497 e. The lowest BCUT2D eigenvalue weighted by Crippen LogP contribution is -2.30. The van der Waals surface area contributed by atoms with Crippen LogP contribution < -0.4 is 10.1 Å². The topological polar surface area (TPSA) is 42.3 Å². The Morgan fingerprint density at radius 2 is 1.89 bits per heavy atom. The largest absolute Gasteiger partial charge is 0.497 e. The second-order valence-electron chi connectivity index (χ2n) is 7.06. The monoisotopic (exact) mass is 392 g/mol. The number of hydrogen-bond donors (Lipinski definition) is 1. The molecule has 0 saturated carbocycles. The molecule has 0 radical (unpaired) electrons. The highest BCUT2D eigenvalue weighted by Crippen LogP contribution is 2.39. The Balaban J connectivity index is 1.72. The van der Waals surface area contributed by atoms with Crippen molar-refractivity contribution in [3.8, 4) is 5.75 Å². The van der Waals surface area contributed by atoms with Crippen molar-refractivity contribution in [2.75, 3.05) is 7.11 Å². The molecule has 3 heterocycles. The summed E-state index contributed by atoms with van der Waals surface area (Å²) in [6, 6.07) is 18.6. The van der Waals surface area contributed by atoms with Crippen molar-refractivity contribution < 1.29 is 4.74 Å². The Kier molecular flexibility index (Phi) is 5.05. The molecule has 5 nitrogen and oxygen atoms in total. The number of methoxy groups -OCH3 is 1. The Morgan fingerprint density at radius 1 is 1.11 bits per heavy atom. The predicted molar refractivity (Wildman–Crippen MR) is 114 cm³/mol. The highest BCUT2D eigenvalue weighted by Gasteiger charge is 2.41. The molecule has 28 heavy (non-hydrogen) atoms. The van der Waals surface area contributed by atoms with Gasteiger partial charge in [-0.3, -0.25) is 4.98 Å². The lowest BCUT2D eigenvalue weighted by Gasteiger charge is -2.28. The predicted octanol–water partition coefficient (Wildman–Crippen LogP) is 3.91. The fourth-order valence-electron chi connectivity index (χ4n) is 3.76. The van der Waals surface area contributed by atoms with Crippen LogP contribution >= 0.6 is 12.2 Å². The lowest BCUT2D eigenvalue weighted by molar-refractivity contribution is 0.299. The number of pyridine rings is 1. The number of nitrogens with zero attached hydrogens (tertiary/aromatic N) is 3. The normalized spacial score (nSPS) is 19.0. The molecule has 2 atom stereocenters. The van der Waals surface area contributed by atoms with Crippen LogP contribution in [-0.2, 0) is 13.6 Å². The van der Waals surface area contributed by atoms with Crippen molar-refractivity contribution >= 4 is 17.3 Å². The number of benzene rings is 1. The van der Waals surface area contributed by atoms with Crippen molar-refractivity contribution in [3.05, 3.63) is 83.4 Å². The van der Waals surface area contributed by atoms with Gasteiger partial charge < -0.3 is 19.5 Å². The van der Waals surface area contributed by atoms with Crippen molar-refractivity contribution in [2.24, 2.45) is 7.05 Å². The number of aryl methyl sites for hydroxylation is 1. The molecule has 0 aliphatic carbocycles. The van der Waals surface area contributed by atoms with Crippen molar-refractivity contribution in [3.63, 3.8) is 0 Å². The zero-order chi connectivity index (χ0) is 19.7. The third-order valence-electron chi connectivity index (χ3n) is 5.42. The molecule has 0 spiro atoms. The summed E-state index contributed by atoms with van der Waals surface area (Å²) in [5, 5.41) is 4.25. The summed E-state index contributed by atoms with van der Waals surface area (Å²) in [6.45, 7) is 2.84. The maximum atomic E-state index is 5.75. The van der Waals surface area contributed by atoms with Gasteiger partial charge in [-0.2, -0.15) is 0 Å². The van der Waals surface area contributed by atoms with Gasteiger partial charge in [0.25, 0.3) is 0 Å². The standard InChI is InChI=1S/C22H24N4OS/c1-15-7-12-19(25(15)2)21-20(18-6-4-5-13-23-18)24-22(28)26(21)14-16-8-10-17(27-3)11-9-16/h4-13,20-21H,14H2,1-3H3,(H,24,28)/t20-,21+/m0/s1. The van der Waals surface area contributed by atoms with E-state index in [-0.39, 0.29) is 12.1 Å². The van der Waals surface area contributed by atoms with Crippen LogP contribution in [-0.4, -0.2) is 26.7 Å². The summed E-state index contributed by atoms with van der Waals surface area (Å²) in [6.07, 6.45) is 1.83. The molecule has 6 heteroatoms. The van der Waals surface area contributed by atoms with Crippen molar-refractivity contribution in [1.82, 2.24) is 19.8 Å². The Hall–Kier alpha value is -2.86. The Labute approximate surface area is 171 Å². The molecule has 1 aliphatic rings. The zero-order valence-electron chi connectivity index (χ0n) is 16.3. The molecule has 0 unspecified atom stereocenters. The third-order valence-corrected chi connectivity index (χ3v) is 5.78. The van der Waals surface area contributed by atoms with Gasteiger partial charge in [-0.15, -0.1) is 0 Å². The van der Waals surface area contributed by atoms with E-state index in [0.717, 1.165) is 16.6 Å². The molecule has 4 rings (SSSR count). The Bertz CT molecular complexity index is 968. The van der Waals surface area contributed by atoms with E-state index in [1.807, 2.05) is 30.5 Å². The first-order valence-corrected chi connectivity index (χ1v) is 9.72. The lowest BCUT2D eigenvalue weighted by atomic mass is 10.0. The molecule has 1 fully saturated rings. The number of rotatable bonds is 5. The van der Waals surface area contributed by atoms with E-state index < -0.39 is 0 Å². The van der Waals surface area contributed by atoms with Crippen LogP contribution in [0.1, 0.15) is 34.7 Å². The van der Waals surface area contributed by atoms with E-state index in [2.05, 4.69) is 64.1 Å². The molecule has 1 aromatic carbocycles. The maximum absolute atomic E-state index is 5.75. The molecule has 0 bridgehead atoms. The van der Waals surface area contributed by atoms with Crippen LogP contribution in [0.2, 0.25) is 0 Å². The highest BCUT2D eigenvalue weighted by atomic mass is 32.1. The van der Waals surface area contributed by atoms with Gasteiger partial charge in [0.05, 0.1) is 24.9 Å². The van der Waals surface area contributed by atoms with Gasteiger partial charge in [0.1, 0.15) is 5.75 Å². The summed E-state index contributed by atoms with van der Waals surface area (Å²) in [5.41, 5.74) is 4.61. The van der Waals surface area contributed by atoms with Gasteiger partial charge in [0.2, 0.25) is 0 Å². The van der Waals surface area contributed by atoms with E-state index in [0.29, 0.717) is 6.54 Å². The molecular weight excluding hydrogens is 368 g/mol. The molecular formula is C22H24N4OS.